The molecule has 8 heteroatoms. The summed E-state index contributed by atoms with van der Waals surface area (Å²) >= 11 is 5.97. The number of carbonyl (C=O) groups is 3. The summed E-state index contributed by atoms with van der Waals surface area (Å²) in [5.74, 6) is -0.548. The molecule has 3 rings (SSSR count). The van der Waals surface area contributed by atoms with Crippen molar-refractivity contribution in [2.75, 3.05) is 6.61 Å². The van der Waals surface area contributed by atoms with Crippen LogP contribution in [0.4, 0.5) is 0 Å². The lowest BCUT2D eigenvalue weighted by Gasteiger charge is -2.28. The molecule has 2 heterocycles. The van der Waals surface area contributed by atoms with E-state index in [-0.39, 0.29) is 24.8 Å². The summed E-state index contributed by atoms with van der Waals surface area (Å²) in [5.41, 5.74) is 2.29. The van der Waals surface area contributed by atoms with Crippen LogP contribution in [-0.4, -0.2) is 39.8 Å². The van der Waals surface area contributed by atoms with Gasteiger partial charge in [-0.1, -0.05) is 11.6 Å². The number of halogens is 1. The molecule has 0 saturated heterocycles. The molecule has 0 unspecified atom stereocenters. The predicted molar refractivity (Wildman–Crippen MR) is 125 cm³/mol. The van der Waals surface area contributed by atoms with Crippen LogP contribution in [-0.2, 0) is 18.3 Å². The Kier molecular flexibility index (Phi) is 7.43. The van der Waals surface area contributed by atoms with Crippen molar-refractivity contribution >= 4 is 29.3 Å². The third-order valence-corrected chi connectivity index (χ3v) is 6.00. The van der Waals surface area contributed by atoms with Gasteiger partial charge in [0.05, 0.1) is 25.5 Å². The Morgan fingerprint density at radius 3 is 2.39 bits per heavy atom. The zero-order valence-electron chi connectivity index (χ0n) is 19.3. The summed E-state index contributed by atoms with van der Waals surface area (Å²) in [6.45, 7) is 7.23. The molecule has 33 heavy (non-hydrogen) atoms. The molecular formula is C25H27ClN2O5. The highest BCUT2D eigenvalue weighted by molar-refractivity contribution is 6.30. The number of Topliss-reactive ketones (excluding diaryl/α,β-unsaturated/α-hetero) is 1. The summed E-state index contributed by atoms with van der Waals surface area (Å²) in [4.78, 5) is 41.0. The first kappa shape index (κ1) is 24.3. The highest BCUT2D eigenvalue weighted by Gasteiger charge is 2.33. The second-order valence-corrected chi connectivity index (χ2v) is 8.21. The van der Waals surface area contributed by atoms with Crippen molar-refractivity contribution in [1.29, 1.82) is 0 Å². The van der Waals surface area contributed by atoms with E-state index in [1.54, 1.807) is 75.7 Å². The number of furan rings is 1. The highest BCUT2D eigenvalue weighted by Crippen LogP contribution is 2.26. The molecule has 1 atom stereocenters. The van der Waals surface area contributed by atoms with Gasteiger partial charge in [-0.15, -0.1) is 0 Å². The zero-order valence-corrected chi connectivity index (χ0v) is 20.1. The van der Waals surface area contributed by atoms with Gasteiger partial charge in [0.1, 0.15) is 11.5 Å². The number of hydrogen-bond acceptors (Lipinski definition) is 5. The smallest absolute Gasteiger partial charge is 0.355 e. The van der Waals surface area contributed by atoms with Gasteiger partial charge in [0.25, 0.3) is 5.91 Å². The molecular weight excluding hydrogens is 444 g/mol. The molecule has 2 aromatic heterocycles. The van der Waals surface area contributed by atoms with E-state index in [4.69, 9.17) is 20.8 Å². The van der Waals surface area contributed by atoms with Crippen molar-refractivity contribution in [3.63, 3.8) is 0 Å². The van der Waals surface area contributed by atoms with Crippen LogP contribution in [0.1, 0.15) is 62.1 Å². The maximum absolute atomic E-state index is 13.7. The molecule has 7 nitrogen and oxygen atoms in total. The Morgan fingerprint density at radius 2 is 1.82 bits per heavy atom. The van der Waals surface area contributed by atoms with Gasteiger partial charge >= 0.3 is 5.97 Å². The zero-order chi connectivity index (χ0) is 24.3. The predicted octanol–water partition coefficient (Wildman–Crippen LogP) is 4.98. The minimum atomic E-state index is -0.826. The Bertz CT molecular complexity index is 1160. The monoisotopic (exact) mass is 470 g/mol. The number of carbonyl (C=O) groups excluding carboxylic acids is 3. The van der Waals surface area contributed by atoms with E-state index < -0.39 is 12.0 Å². The van der Waals surface area contributed by atoms with Crippen LogP contribution in [0.15, 0.2) is 47.1 Å². The van der Waals surface area contributed by atoms with Crippen LogP contribution in [0.3, 0.4) is 0 Å². The first-order valence-corrected chi connectivity index (χ1v) is 11.0. The molecule has 0 fully saturated rings. The summed E-state index contributed by atoms with van der Waals surface area (Å²) in [6, 6.07) is 9.14. The molecule has 0 spiro atoms. The van der Waals surface area contributed by atoms with Crippen LogP contribution in [0.2, 0.25) is 5.02 Å². The van der Waals surface area contributed by atoms with Crippen molar-refractivity contribution in [2.24, 2.45) is 7.05 Å². The molecule has 174 valence electrons. The fraction of sp³-hybridized carbons (Fsp3) is 0.320. The number of ether oxygens (including phenoxy) is 1. The largest absolute Gasteiger partial charge is 0.467 e. The number of benzene rings is 1. The summed E-state index contributed by atoms with van der Waals surface area (Å²) in [6.07, 6.45) is 1.52. The molecule has 0 radical (unpaired) electrons. The quantitative estimate of drug-likeness (QED) is 0.342. The van der Waals surface area contributed by atoms with Gasteiger partial charge in [0.2, 0.25) is 0 Å². The van der Waals surface area contributed by atoms with E-state index in [2.05, 4.69) is 0 Å². The average molecular weight is 471 g/mol. The summed E-state index contributed by atoms with van der Waals surface area (Å²) in [5, 5.41) is 0.510. The third-order valence-electron chi connectivity index (χ3n) is 5.75. The van der Waals surface area contributed by atoms with E-state index in [1.165, 1.54) is 11.2 Å². The minimum Gasteiger partial charge on any atom is -0.467 e. The number of rotatable bonds is 8. The SMILES string of the molecule is CCOC(=O)c1c(C)c(C(=O)[C@H](C)N(Cc2ccco2)C(=O)c2ccc(Cl)cc2)c(C)n1C. The fourth-order valence-corrected chi connectivity index (χ4v) is 4.02. The van der Waals surface area contributed by atoms with Gasteiger partial charge < -0.3 is 18.6 Å². The Hall–Kier alpha value is -3.32. The average Bonchev–Trinajstić information content (AvgIpc) is 3.37. The number of nitrogens with zero attached hydrogens (tertiary/aromatic N) is 2. The molecule has 1 amide bonds. The van der Waals surface area contributed by atoms with Crippen LogP contribution < -0.4 is 0 Å². The van der Waals surface area contributed by atoms with Gasteiger partial charge in [-0.25, -0.2) is 4.79 Å². The van der Waals surface area contributed by atoms with E-state index in [0.29, 0.717) is 38.9 Å². The van der Waals surface area contributed by atoms with E-state index in [1.807, 2.05) is 0 Å². The fourth-order valence-electron chi connectivity index (χ4n) is 3.89. The van der Waals surface area contributed by atoms with Crippen molar-refractivity contribution in [2.45, 2.75) is 40.3 Å². The van der Waals surface area contributed by atoms with Crippen molar-refractivity contribution in [1.82, 2.24) is 9.47 Å². The number of amides is 1. The maximum atomic E-state index is 13.7. The standard InChI is InChI=1S/C25H27ClN2O5/c1-6-32-25(31)22-15(2)21(16(3)27(22)5)23(29)17(4)28(14-20-8-7-13-33-20)24(30)18-9-11-19(26)12-10-18/h7-13,17H,6,14H2,1-5H3/t17-/m0/s1. The number of hydrogen-bond donors (Lipinski definition) is 0. The van der Waals surface area contributed by atoms with Crippen LogP contribution >= 0.6 is 11.6 Å². The Labute approximate surface area is 197 Å². The Balaban J connectivity index is 2.01. The maximum Gasteiger partial charge on any atom is 0.355 e. The van der Waals surface area contributed by atoms with E-state index in [9.17, 15) is 14.4 Å². The lowest BCUT2D eigenvalue weighted by Crippen LogP contribution is -2.43. The minimum absolute atomic E-state index is 0.108. The van der Waals surface area contributed by atoms with Gasteiger partial charge in [0, 0.05) is 28.9 Å². The molecule has 0 aliphatic heterocycles. The number of aromatic nitrogens is 1. The molecule has 1 aromatic carbocycles. The first-order valence-electron chi connectivity index (χ1n) is 10.6. The number of ketones is 1. The van der Waals surface area contributed by atoms with Crippen molar-refractivity contribution < 1.29 is 23.5 Å². The van der Waals surface area contributed by atoms with Crippen LogP contribution in [0, 0.1) is 13.8 Å². The lowest BCUT2D eigenvalue weighted by molar-refractivity contribution is 0.0513. The molecule has 0 aliphatic carbocycles. The molecule has 0 bridgehead atoms. The molecule has 0 aliphatic rings. The van der Waals surface area contributed by atoms with Gasteiger partial charge in [0.15, 0.2) is 5.78 Å². The van der Waals surface area contributed by atoms with Gasteiger partial charge in [-0.3, -0.25) is 9.59 Å². The second-order valence-electron chi connectivity index (χ2n) is 7.77. The summed E-state index contributed by atoms with van der Waals surface area (Å²) < 4.78 is 12.3. The first-order chi connectivity index (χ1) is 15.7. The lowest BCUT2D eigenvalue weighted by atomic mass is 9.99. The van der Waals surface area contributed by atoms with Crippen LogP contribution in [0.5, 0.6) is 0 Å². The topological polar surface area (TPSA) is 81.8 Å². The van der Waals surface area contributed by atoms with E-state index in [0.717, 1.165) is 0 Å². The van der Waals surface area contributed by atoms with Crippen LogP contribution in [0.25, 0.3) is 0 Å². The molecule has 0 N–H and O–H groups in total. The second kappa shape index (κ2) is 10.1. The highest BCUT2D eigenvalue weighted by atomic mass is 35.5. The summed E-state index contributed by atoms with van der Waals surface area (Å²) in [7, 11) is 1.72. The van der Waals surface area contributed by atoms with E-state index >= 15 is 0 Å². The number of esters is 1. The molecule has 0 saturated carbocycles. The Morgan fingerprint density at radius 1 is 1.15 bits per heavy atom. The molecule has 3 aromatic rings. The van der Waals surface area contributed by atoms with Crippen molar-refractivity contribution in [3.05, 3.63) is 81.5 Å². The van der Waals surface area contributed by atoms with Gasteiger partial charge in [-0.05, 0) is 69.7 Å². The normalized spacial score (nSPS) is 11.8. The third kappa shape index (κ3) is 4.88. The van der Waals surface area contributed by atoms with Gasteiger partial charge in [-0.2, -0.15) is 0 Å². The van der Waals surface area contributed by atoms with Crippen molar-refractivity contribution in [3.8, 4) is 0 Å².